The molecule has 2 unspecified atom stereocenters. The van der Waals surface area contributed by atoms with Crippen LogP contribution in [0.15, 0.2) is 24.4 Å². The van der Waals surface area contributed by atoms with Gasteiger partial charge in [0, 0.05) is 53.2 Å². The summed E-state index contributed by atoms with van der Waals surface area (Å²) in [4.78, 5) is 11.7. The zero-order valence-corrected chi connectivity index (χ0v) is 17.3. The Labute approximate surface area is 170 Å². The zero-order valence-electron chi connectivity index (χ0n) is 16.5. The van der Waals surface area contributed by atoms with Crippen LogP contribution in [0.2, 0.25) is 5.02 Å². The molecule has 0 aromatic carbocycles. The molecule has 4 heterocycles. The minimum absolute atomic E-state index is 0.445. The molecule has 6 heteroatoms. The van der Waals surface area contributed by atoms with Gasteiger partial charge in [0.05, 0.1) is 11.6 Å². The molecular weight excluding hydrogens is 372 g/mol. The quantitative estimate of drug-likeness (QED) is 0.719. The Kier molecular flexibility index (Phi) is 4.06. The van der Waals surface area contributed by atoms with Gasteiger partial charge in [0.25, 0.3) is 0 Å². The highest BCUT2D eigenvalue weighted by atomic mass is 35.5. The second-order valence-electron chi connectivity index (χ2n) is 8.48. The summed E-state index contributed by atoms with van der Waals surface area (Å²) in [5, 5.41) is 13.4. The van der Waals surface area contributed by atoms with E-state index in [1.165, 1.54) is 11.3 Å². The maximum absolute atomic E-state index is 11.6. The maximum Gasteiger partial charge on any atom is 0.140 e. The third kappa shape index (κ3) is 2.68. The minimum Gasteiger partial charge on any atom is -0.383 e. The molecule has 5 nitrogen and oxygen atoms in total. The van der Waals surface area contributed by atoms with E-state index in [0.717, 1.165) is 47.4 Å². The Hall–Kier alpha value is -1.95. The summed E-state index contributed by atoms with van der Waals surface area (Å²) in [5.41, 5.74) is 5.55. The Balaban J connectivity index is 1.66. The first-order valence-electron chi connectivity index (χ1n) is 9.91. The average molecular weight is 397 g/mol. The van der Waals surface area contributed by atoms with E-state index < -0.39 is 5.60 Å². The lowest BCUT2D eigenvalue weighted by molar-refractivity contribution is 0.0202. The number of aryl methyl sites for hydroxylation is 2. The summed E-state index contributed by atoms with van der Waals surface area (Å²) in [6.07, 6.45) is 4.15. The molecule has 3 aromatic heterocycles. The van der Waals surface area contributed by atoms with Gasteiger partial charge >= 0.3 is 0 Å². The van der Waals surface area contributed by atoms with E-state index in [0.29, 0.717) is 24.0 Å². The van der Waals surface area contributed by atoms with Crippen molar-refractivity contribution in [2.24, 2.45) is 0 Å². The molecule has 0 saturated heterocycles. The molecule has 0 bridgehead atoms. The van der Waals surface area contributed by atoms with Gasteiger partial charge in [0.15, 0.2) is 0 Å². The van der Waals surface area contributed by atoms with Crippen LogP contribution in [0.4, 0.5) is 0 Å². The van der Waals surface area contributed by atoms with Crippen molar-refractivity contribution in [1.82, 2.24) is 19.4 Å². The van der Waals surface area contributed by atoms with Gasteiger partial charge in [0.2, 0.25) is 0 Å². The molecule has 2 aliphatic rings. The number of pyridine rings is 2. The summed E-state index contributed by atoms with van der Waals surface area (Å²) in [6, 6.07) is 6.50. The molecule has 0 radical (unpaired) electrons. The molecule has 0 spiro atoms. The first kappa shape index (κ1) is 18.1. The normalized spacial score (nSPS) is 24.5. The SMILES string of the molecule is Cc1ccc2c(n1)CCC2(O)Cn1c2c(c3cc(Cl)cnc31)CN(C)C(C)C2. The van der Waals surface area contributed by atoms with Gasteiger partial charge in [-0.15, -0.1) is 0 Å². The summed E-state index contributed by atoms with van der Waals surface area (Å²) in [6.45, 7) is 5.62. The lowest BCUT2D eigenvalue weighted by Gasteiger charge is -2.32. The summed E-state index contributed by atoms with van der Waals surface area (Å²) < 4.78 is 2.24. The molecular formula is C22H25ClN4O. The number of nitrogens with zero attached hydrogens (tertiary/aromatic N) is 4. The number of likely N-dealkylation sites (N-methyl/N-ethyl adjacent to an activating group) is 1. The molecule has 0 fully saturated rings. The van der Waals surface area contributed by atoms with Crippen molar-refractivity contribution in [3.63, 3.8) is 0 Å². The topological polar surface area (TPSA) is 54.2 Å². The predicted molar refractivity (Wildman–Crippen MR) is 111 cm³/mol. The Morgan fingerprint density at radius 3 is 3.00 bits per heavy atom. The van der Waals surface area contributed by atoms with Gasteiger partial charge in [-0.05, 0) is 51.4 Å². The van der Waals surface area contributed by atoms with Crippen molar-refractivity contribution in [2.45, 2.75) is 57.8 Å². The molecule has 0 amide bonds. The van der Waals surface area contributed by atoms with Crippen molar-refractivity contribution in [3.8, 4) is 0 Å². The largest absolute Gasteiger partial charge is 0.383 e. The fourth-order valence-corrected chi connectivity index (χ4v) is 5.00. The number of fused-ring (bicyclic) bond motifs is 4. The van der Waals surface area contributed by atoms with Crippen LogP contribution in [0.5, 0.6) is 0 Å². The van der Waals surface area contributed by atoms with E-state index in [4.69, 9.17) is 11.6 Å². The van der Waals surface area contributed by atoms with Gasteiger partial charge in [0.1, 0.15) is 11.2 Å². The van der Waals surface area contributed by atoms with Crippen molar-refractivity contribution in [3.05, 3.63) is 57.6 Å². The number of aliphatic hydroxyl groups is 1. The highest BCUT2D eigenvalue weighted by Crippen LogP contribution is 2.40. The van der Waals surface area contributed by atoms with Crippen molar-refractivity contribution < 1.29 is 5.11 Å². The maximum atomic E-state index is 11.6. The molecule has 5 rings (SSSR count). The first-order chi connectivity index (χ1) is 13.4. The molecule has 1 aliphatic carbocycles. The van der Waals surface area contributed by atoms with E-state index in [-0.39, 0.29) is 0 Å². The van der Waals surface area contributed by atoms with Crippen molar-refractivity contribution >= 4 is 22.6 Å². The smallest absolute Gasteiger partial charge is 0.140 e. The third-order valence-corrected chi connectivity index (χ3v) is 6.75. The molecule has 3 aromatic rings. The van der Waals surface area contributed by atoms with Gasteiger partial charge in [-0.25, -0.2) is 4.98 Å². The van der Waals surface area contributed by atoms with E-state index >= 15 is 0 Å². The Morgan fingerprint density at radius 2 is 2.18 bits per heavy atom. The Bertz CT molecular complexity index is 1090. The van der Waals surface area contributed by atoms with Gasteiger partial charge in [-0.2, -0.15) is 0 Å². The molecule has 146 valence electrons. The minimum atomic E-state index is -0.913. The fraction of sp³-hybridized carbons (Fsp3) is 0.455. The first-order valence-corrected chi connectivity index (χ1v) is 10.3. The van der Waals surface area contributed by atoms with Crippen LogP contribution in [-0.2, 0) is 31.5 Å². The highest BCUT2D eigenvalue weighted by molar-refractivity contribution is 6.31. The van der Waals surface area contributed by atoms with Gasteiger partial charge in [-0.3, -0.25) is 9.88 Å². The number of hydrogen-bond donors (Lipinski definition) is 1. The summed E-state index contributed by atoms with van der Waals surface area (Å²) in [5.74, 6) is 0. The van der Waals surface area contributed by atoms with Gasteiger partial charge < -0.3 is 9.67 Å². The number of rotatable bonds is 2. The second kappa shape index (κ2) is 6.28. The van der Waals surface area contributed by atoms with Crippen LogP contribution in [0.1, 0.15) is 41.6 Å². The van der Waals surface area contributed by atoms with Gasteiger partial charge in [-0.1, -0.05) is 17.7 Å². The molecule has 1 aliphatic heterocycles. The molecule has 2 atom stereocenters. The zero-order chi connectivity index (χ0) is 19.6. The summed E-state index contributed by atoms with van der Waals surface area (Å²) >= 11 is 6.27. The van der Waals surface area contributed by atoms with E-state index in [1.807, 2.05) is 25.1 Å². The second-order valence-corrected chi connectivity index (χ2v) is 8.92. The van der Waals surface area contributed by atoms with E-state index in [2.05, 4.69) is 33.4 Å². The molecule has 0 saturated carbocycles. The van der Waals surface area contributed by atoms with Crippen molar-refractivity contribution in [1.29, 1.82) is 0 Å². The molecule has 28 heavy (non-hydrogen) atoms. The van der Waals surface area contributed by atoms with Crippen LogP contribution in [0, 0.1) is 6.92 Å². The average Bonchev–Trinajstić information content (AvgIpc) is 3.11. The number of hydrogen-bond acceptors (Lipinski definition) is 4. The van der Waals surface area contributed by atoms with Crippen LogP contribution in [0.25, 0.3) is 11.0 Å². The van der Waals surface area contributed by atoms with E-state index in [9.17, 15) is 5.11 Å². The summed E-state index contributed by atoms with van der Waals surface area (Å²) in [7, 11) is 2.16. The Morgan fingerprint density at radius 1 is 1.36 bits per heavy atom. The van der Waals surface area contributed by atoms with E-state index in [1.54, 1.807) is 6.20 Å². The lowest BCUT2D eigenvalue weighted by Crippen LogP contribution is -2.37. The fourth-order valence-electron chi connectivity index (χ4n) is 4.85. The number of halogens is 1. The van der Waals surface area contributed by atoms with Crippen LogP contribution in [-0.4, -0.2) is 37.6 Å². The standard InChI is InChI=1S/C22H25ClN4O/c1-13-4-5-18-19(25-13)6-7-22(18,28)12-27-20-8-14(2)26(3)11-17(20)16-9-15(23)10-24-21(16)27/h4-5,9-10,14,28H,6-8,11-12H2,1-3H3. The third-order valence-electron chi connectivity index (χ3n) is 6.55. The van der Waals surface area contributed by atoms with Crippen molar-refractivity contribution in [2.75, 3.05) is 7.05 Å². The lowest BCUT2D eigenvalue weighted by atomic mass is 9.96. The molecule has 1 N–H and O–H groups in total. The highest BCUT2D eigenvalue weighted by Gasteiger charge is 2.40. The van der Waals surface area contributed by atoms with Crippen LogP contribution >= 0.6 is 11.6 Å². The monoisotopic (exact) mass is 396 g/mol. The van der Waals surface area contributed by atoms with Crippen LogP contribution < -0.4 is 0 Å². The number of aromatic nitrogens is 3. The predicted octanol–water partition coefficient (Wildman–Crippen LogP) is 3.60. The van der Waals surface area contributed by atoms with Crippen LogP contribution in [0.3, 0.4) is 0 Å².